The van der Waals surface area contributed by atoms with E-state index in [9.17, 15) is 13.2 Å². The summed E-state index contributed by atoms with van der Waals surface area (Å²) in [4.78, 5) is 12.3. The quantitative estimate of drug-likeness (QED) is 0.745. The van der Waals surface area contributed by atoms with Gasteiger partial charge in [-0.15, -0.1) is 0 Å². The van der Waals surface area contributed by atoms with E-state index in [-0.39, 0.29) is 16.0 Å². The lowest BCUT2D eigenvalue weighted by atomic mass is 10.2. The summed E-state index contributed by atoms with van der Waals surface area (Å²) in [6.45, 7) is 2.54. The van der Waals surface area contributed by atoms with Crippen LogP contribution >= 0.6 is 0 Å². The van der Waals surface area contributed by atoms with Crippen molar-refractivity contribution in [2.24, 2.45) is 0 Å². The Morgan fingerprint density at radius 3 is 2.46 bits per heavy atom. The molecule has 0 unspecified atom stereocenters. The SMILES string of the molecule is Cc1ccn(CCCOc2ccc(S(C)(=O)=O)cc2)c(=O)c1C#N. The predicted molar refractivity (Wildman–Crippen MR) is 89.8 cm³/mol. The average molecular weight is 346 g/mol. The number of rotatable bonds is 6. The number of aryl methyl sites for hydroxylation is 2. The summed E-state index contributed by atoms with van der Waals surface area (Å²) in [5, 5.41) is 8.99. The first-order chi connectivity index (χ1) is 11.3. The third-order valence-electron chi connectivity index (χ3n) is 3.55. The summed E-state index contributed by atoms with van der Waals surface area (Å²) < 4.78 is 29.8. The van der Waals surface area contributed by atoms with Crippen LogP contribution in [0.4, 0.5) is 0 Å². The lowest BCUT2D eigenvalue weighted by Gasteiger charge is -2.09. The van der Waals surface area contributed by atoms with Gasteiger partial charge >= 0.3 is 0 Å². The highest BCUT2D eigenvalue weighted by atomic mass is 32.2. The van der Waals surface area contributed by atoms with Crippen LogP contribution in [0.5, 0.6) is 5.75 Å². The van der Waals surface area contributed by atoms with Crippen LogP contribution in [0.1, 0.15) is 17.5 Å². The fourth-order valence-corrected chi connectivity index (χ4v) is 2.82. The minimum atomic E-state index is -3.22. The van der Waals surface area contributed by atoms with E-state index in [0.29, 0.717) is 30.9 Å². The molecule has 0 amide bonds. The minimum Gasteiger partial charge on any atom is -0.494 e. The van der Waals surface area contributed by atoms with Crippen LogP contribution in [0.25, 0.3) is 0 Å². The van der Waals surface area contributed by atoms with E-state index < -0.39 is 9.84 Å². The van der Waals surface area contributed by atoms with Gasteiger partial charge in [0.25, 0.3) is 5.56 Å². The molecule has 0 atom stereocenters. The summed E-state index contributed by atoms with van der Waals surface area (Å²) in [6, 6.07) is 9.85. The number of aromatic nitrogens is 1. The number of nitriles is 1. The maximum Gasteiger partial charge on any atom is 0.268 e. The molecule has 0 saturated carbocycles. The van der Waals surface area contributed by atoms with E-state index >= 15 is 0 Å². The zero-order valence-corrected chi connectivity index (χ0v) is 14.3. The third-order valence-corrected chi connectivity index (χ3v) is 4.68. The Morgan fingerprint density at radius 2 is 1.88 bits per heavy atom. The standard InChI is InChI=1S/C17H18N2O4S/c1-13-8-10-19(17(20)16(13)12-18)9-3-11-23-14-4-6-15(7-5-14)24(2,21)22/h4-8,10H,3,9,11H2,1-2H3. The fourth-order valence-electron chi connectivity index (χ4n) is 2.19. The molecule has 0 aliphatic carbocycles. The van der Waals surface area contributed by atoms with Crippen LogP contribution in [-0.4, -0.2) is 25.8 Å². The maximum absolute atomic E-state index is 12.1. The number of hydrogen-bond donors (Lipinski definition) is 0. The summed E-state index contributed by atoms with van der Waals surface area (Å²) in [7, 11) is -3.22. The number of pyridine rings is 1. The van der Waals surface area contributed by atoms with Crippen molar-refractivity contribution >= 4 is 9.84 Å². The van der Waals surface area contributed by atoms with Gasteiger partial charge in [0.05, 0.1) is 11.5 Å². The van der Waals surface area contributed by atoms with Crippen molar-refractivity contribution in [1.29, 1.82) is 5.26 Å². The first kappa shape index (κ1) is 17.8. The van der Waals surface area contributed by atoms with Crippen molar-refractivity contribution < 1.29 is 13.2 Å². The highest BCUT2D eigenvalue weighted by molar-refractivity contribution is 7.90. The monoisotopic (exact) mass is 346 g/mol. The Labute approximate surface area is 140 Å². The third kappa shape index (κ3) is 4.24. The highest BCUT2D eigenvalue weighted by Crippen LogP contribution is 2.16. The largest absolute Gasteiger partial charge is 0.494 e. The molecule has 6 nitrogen and oxygen atoms in total. The zero-order chi connectivity index (χ0) is 17.7. The van der Waals surface area contributed by atoms with Crippen LogP contribution in [0, 0.1) is 18.3 Å². The molecule has 1 heterocycles. The van der Waals surface area contributed by atoms with Gasteiger partial charge in [0, 0.05) is 19.0 Å². The lowest BCUT2D eigenvalue weighted by Crippen LogP contribution is -2.23. The van der Waals surface area contributed by atoms with Crippen molar-refractivity contribution in [1.82, 2.24) is 4.57 Å². The summed E-state index contributed by atoms with van der Waals surface area (Å²) >= 11 is 0. The molecule has 0 aliphatic rings. The zero-order valence-electron chi connectivity index (χ0n) is 13.5. The fraction of sp³-hybridized carbons (Fsp3) is 0.294. The highest BCUT2D eigenvalue weighted by Gasteiger charge is 2.07. The Morgan fingerprint density at radius 1 is 1.21 bits per heavy atom. The van der Waals surface area contributed by atoms with Crippen molar-refractivity contribution in [3.8, 4) is 11.8 Å². The van der Waals surface area contributed by atoms with Gasteiger partial charge in [0.15, 0.2) is 9.84 Å². The summed E-state index contributed by atoms with van der Waals surface area (Å²) in [5.74, 6) is 0.566. The normalized spacial score (nSPS) is 11.0. The second-order valence-corrected chi connectivity index (χ2v) is 7.45. The van der Waals surface area contributed by atoms with Crippen LogP contribution in [0.3, 0.4) is 0 Å². The Balaban J connectivity index is 1.92. The van der Waals surface area contributed by atoms with Gasteiger partial charge in [-0.25, -0.2) is 8.42 Å². The van der Waals surface area contributed by atoms with Crippen molar-refractivity contribution in [2.75, 3.05) is 12.9 Å². The Kier molecular flexibility index (Phi) is 5.42. The molecular formula is C17H18N2O4S. The van der Waals surface area contributed by atoms with E-state index in [1.54, 1.807) is 31.3 Å². The Bertz CT molecular complexity index is 923. The van der Waals surface area contributed by atoms with Crippen LogP contribution in [0.2, 0.25) is 0 Å². The van der Waals surface area contributed by atoms with Crippen molar-refractivity contribution in [2.45, 2.75) is 24.8 Å². The van der Waals surface area contributed by atoms with Gasteiger partial charge in [-0.1, -0.05) is 0 Å². The van der Waals surface area contributed by atoms with Crippen LogP contribution in [0.15, 0.2) is 46.2 Å². The molecule has 0 radical (unpaired) electrons. The van der Waals surface area contributed by atoms with E-state index in [0.717, 1.165) is 6.26 Å². The molecular weight excluding hydrogens is 328 g/mol. The molecule has 0 spiro atoms. The molecule has 1 aromatic heterocycles. The predicted octanol–water partition coefficient (Wildman–Crippen LogP) is 1.90. The smallest absolute Gasteiger partial charge is 0.268 e. The van der Waals surface area contributed by atoms with E-state index in [1.165, 1.54) is 16.7 Å². The van der Waals surface area contributed by atoms with E-state index in [2.05, 4.69) is 0 Å². The maximum atomic E-state index is 12.1. The molecule has 2 aromatic rings. The first-order valence-electron chi connectivity index (χ1n) is 7.36. The molecule has 0 saturated heterocycles. The molecule has 0 aliphatic heterocycles. The number of benzene rings is 1. The number of sulfone groups is 1. The molecule has 0 fully saturated rings. The van der Waals surface area contributed by atoms with Gasteiger partial charge in [-0.2, -0.15) is 5.26 Å². The van der Waals surface area contributed by atoms with Gasteiger partial charge in [-0.05, 0) is 49.2 Å². The topological polar surface area (TPSA) is 89.2 Å². The molecule has 1 aromatic carbocycles. The number of nitrogens with zero attached hydrogens (tertiary/aromatic N) is 2. The molecule has 0 N–H and O–H groups in total. The summed E-state index contributed by atoms with van der Waals surface area (Å²) in [5.41, 5.74) is 0.533. The Hall–Kier alpha value is -2.59. The molecule has 7 heteroatoms. The van der Waals surface area contributed by atoms with Crippen molar-refractivity contribution in [3.63, 3.8) is 0 Å². The van der Waals surface area contributed by atoms with Crippen LogP contribution < -0.4 is 10.3 Å². The van der Waals surface area contributed by atoms with Crippen LogP contribution in [-0.2, 0) is 16.4 Å². The lowest BCUT2D eigenvalue weighted by molar-refractivity contribution is 0.300. The van der Waals surface area contributed by atoms with Gasteiger partial charge in [-0.3, -0.25) is 4.79 Å². The van der Waals surface area contributed by atoms with E-state index in [1.807, 2.05) is 6.07 Å². The van der Waals surface area contributed by atoms with Gasteiger partial charge in [0.1, 0.15) is 17.4 Å². The first-order valence-corrected chi connectivity index (χ1v) is 9.25. The van der Waals surface area contributed by atoms with E-state index in [4.69, 9.17) is 10.00 Å². The molecule has 126 valence electrons. The molecule has 2 rings (SSSR count). The second-order valence-electron chi connectivity index (χ2n) is 5.43. The van der Waals surface area contributed by atoms with Crippen molar-refractivity contribution in [3.05, 3.63) is 58.0 Å². The number of hydrogen-bond acceptors (Lipinski definition) is 5. The summed E-state index contributed by atoms with van der Waals surface area (Å²) in [6.07, 6.45) is 3.40. The second kappa shape index (κ2) is 7.32. The van der Waals surface area contributed by atoms with Gasteiger partial charge < -0.3 is 9.30 Å². The van der Waals surface area contributed by atoms with Gasteiger partial charge in [0.2, 0.25) is 0 Å². The molecule has 0 bridgehead atoms. The number of ether oxygens (including phenoxy) is 1. The molecule has 24 heavy (non-hydrogen) atoms. The minimum absolute atomic E-state index is 0.162. The average Bonchev–Trinajstić information content (AvgIpc) is 2.53.